The molecule has 1 aromatic carbocycles. The van der Waals surface area contributed by atoms with E-state index in [9.17, 15) is 9.90 Å². The fraction of sp³-hybridized carbons (Fsp3) is 0.143. The second-order valence-electron chi connectivity index (χ2n) is 3.95. The number of rotatable bonds is 5. The number of para-hydroxylation sites is 1. The number of hydrogen-bond donors (Lipinski definition) is 2. The van der Waals surface area contributed by atoms with Gasteiger partial charge in [-0.05, 0) is 23.6 Å². The van der Waals surface area contributed by atoms with Gasteiger partial charge in [-0.3, -0.25) is 4.79 Å². The normalized spacial score (nSPS) is 10.7. The van der Waals surface area contributed by atoms with Crippen molar-refractivity contribution < 1.29 is 14.6 Å². The van der Waals surface area contributed by atoms with Crippen LogP contribution in [0.15, 0.2) is 40.8 Å². The summed E-state index contributed by atoms with van der Waals surface area (Å²) in [5.41, 5.74) is 2.89. The number of carbonyl (C=O) groups is 1. The van der Waals surface area contributed by atoms with Crippen LogP contribution < -0.4 is 10.2 Å². The smallest absolute Gasteiger partial charge is 0.245 e. The molecule has 2 aromatic rings. The Bertz CT molecular complexity index is 609. The number of phenols is 1. The average Bonchev–Trinajstić information content (AvgIpc) is 2.93. The fourth-order valence-corrected chi connectivity index (χ4v) is 2.30. The highest BCUT2D eigenvalue weighted by Crippen LogP contribution is 2.27. The highest BCUT2D eigenvalue weighted by atomic mass is 32.1. The van der Waals surface area contributed by atoms with Gasteiger partial charge in [0.15, 0.2) is 11.5 Å². The Hall–Kier alpha value is -2.34. The van der Waals surface area contributed by atoms with Crippen molar-refractivity contribution in [2.45, 2.75) is 6.42 Å². The topological polar surface area (TPSA) is 70.9 Å². The van der Waals surface area contributed by atoms with Crippen molar-refractivity contribution in [1.82, 2.24) is 5.43 Å². The zero-order chi connectivity index (χ0) is 14.4. The zero-order valence-electron chi connectivity index (χ0n) is 10.9. The number of aromatic hydroxyl groups is 1. The van der Waals surface area contributed by atoms with Crippen LogP contribution in [0.3, 0.4) is 0 Å². The Morgan fingerprint density at radius 1 is 1.45 bits per heavy atom. The van der Waals surface area contributed by atoms with E-state index in [-0.39, 0.29) is 11.7 Å². The van der Waals surface area contributed by atoms with Crippen LogP contribution in [0.25, 0.3) is 0 Å². The van der Waals surface area contributed by atoms with E-state index in [0.717, 1.165) is 4.88 Å². The van der Waals surface area contributed by atoms with Crippen molar-refractivity contribution in [2.24, 2.45) is 5.10 Å². The number of nitrogens with one attached hydrogen (secondary N) is 1. The lowest BCUT2D eigenvalue weighted by Crippen LogP contribution is -2.19. The zero-order valence-corrected chi connectivity index (χ0v) is 11.7. The standard InChI is InChI=1S/C14H14N2O3S/c1-19-12-6-2-4-10(14(12)18)9-15-16-13(17)8-11-5-3-7-20-11/h2-7,9,18H,8H2,1H3,(H,16,17)/b15-9+. The number of thiophene rings is 1. The molecule has 1 amide bonds. The van der Waals surface area contributed by atoms with Gasteiger partial charge in [-0.2, -0.15) is 5.10 Å². The molecule has 1 heterocycles. The van der Waals surface area contributed by atoms with Gasteiger partial charge in [0, 0.05) is 10.4 Å². The van der Waals surface area contributed by atoms with Gasteiger partial charge in [0.05, 0.1) is 19.7 Å². The number of nitrogens with zero attached hydrogens (tertiary/aromatic N) is 1. The summed E-state index contributed by atoms with van der Waals surface area (Å²) in [7, 11) is 1.47. The third-order valence-corrected chi connectivity index (χ3v) is 3.43. The third-order valence-electron chi connectivity index (χ3n) is 2.56. The molecule has 0 aliphatic carbocycles. The molecule has 20 heavy (non-hydrogen) atoms. The van der Waals surface area contributed by atoms with E-state index in [0.29, 0.717) is 17.7 Å². The Labute approximate surface area is 120 Å². The number of benzene rings is 1. The Morgan fingerprint density at radius 2 is 2.30 bits per heavy atom. The molecule has 5 nitrogen and oxygen atoms in total. The lowest BCUT2D eigenvalue weighted by molar-refractivity contribution is -0.120. The van der Waals surface area contributed by atoms with Gasteiger partial charge < -0.3 is 9.84 Å². The summed E-state index contributed by atoms with van der Waals surface area (Å²) in [6.45, 7) is 0. The minimum absolute atomic E-state index is 0.00810. The molecule has 0 spiro atoms. The van der Waals surface area contributed by atoms with Gasteiger partial charge in [-0.1, -0.05) is 12.1 Å². The molecule has 0 unspecified atom stereocenters. The maximum absolute atomic E-state index is 11.6. The van der Waals surface area contributed by atoms with Crippen molar-refractivity contribution in [3.8, 4) is 11.5 Å². The van der Waals surface area contributed by atoms with E-state index in [1.165, 1.54) is 24.7 Å². The van der Waals surface area contributed by atoms with Crippen molar-refractivity contribution in [3.05, 3.63) is 46.2 Å². The molecule has 1 aromatic heterocycles. The van der Waals surface area contributed by atoms with E-state index >= 15 is 0 Å². The molecule has 0 bridgehead atoms. The van der Waals surface area contributed by atoms with Gasteiger partial charge in [0.2, 0.25) is 5.91 Å². The van der Waals surface area contributed by atoms with Crippen LogP contribution in [0, 0.1) is 0 Å². The molecule has 104 valence electrons. The number of amides is 1. The van der Waals surface area contributed by atoms with Crippen LogP contribution in [0.4, 0.5) is 0 Å². The summed E-state index contributed by atoms with van der Waals surface area (Å²) in [4.78, 5) is 12.6. The highest BCUT2D eigenvalue weighted by Gasteiger charge is 2.05. The van der Waals surface area contributed by atoms with Crippen LogP contribution >= 0.6 is 11.3 Å². The van der Waals surface area contributed by atoms with Crippen molar-refractivity contribution in [3.63, 3.8) is 0 Å². The van der Waals surface area contributed by atoms with Crippen molar-refractivity contribution >= 4 is 23.5 Å². The number of ether oxygens (including phenoxy) is 1. The Kier molecular flexibility index (Phi) is 4.73. The lowest BCUT2D eigenvalue weighted by atomic mass is 10.2. The molecule has 0 radical (unpaired) electrons. The first kappa shape index (κ1) is 14.1. The molecule has 6 heteroatoms. The maximum atomic E-state index is 11.6. The second-order valence-corrected chi connectivity index (χ2v) is 4.98. The predicted octanol–water partition coefficient (Wildman–Crippen LogP) is 2.16. The van der Waals surface area contributed by atoms with Gasteiger partial charge in [-0.15, -0.1) is 11.3 Å². The number of carbonyl (C=O) groups excluding carboxylic acids is 1. The third kappa shape index (κ3) is 3.58. The quantitative estimate of drug-likeness (QED) is 0.655. The summed E-state index contributed by atoms with van der Waals surface area (Å²) in [6.07, 6.45) is 1.67. The van der Waals surface area contributed by atoms with E-state index in [4.69, 9.17) is 4.74 Å². The van der Waals surface area contributed by atoms with Gasteiger partial charge in [-0.25, -0.2) is 5.43 Å². The molecule has 0 saturated heterocycles. The molecule has 0 saturated carbocycles. The van der Waals surface area contributed by atoms with Crippen LogP contribution in [0.2, 0.25) is 0 Å². The van der Waals surface area contributed by atoms with Crippen LogP contribution in [-0.2, 0) is 11.2 Å². The summed E-state index contributed by atoms with van der Waals surface area (Å²) < 4.78 is 4.99. The summed E-state index contributed by atoms with van der Waals surface area (Å²) in [5, 5.41) is 15.6. The SMILES string of the molecule is COc1cccc(/C=N/NC(=O)Cc2cccs2)c1O. The number of phenolic OH excluding ortho intramolecular Hbond substituents is 1. The first-order valence-electron chi connectivity index (χ1n) is 5.91. The lowest BCUT2D eigenvalue weighted by Gasteiger charge is -2.04. The molecular weight excluding hydrogens is 276 g/mol. The van der Waals surface area contributed by atoms with Gasteiger partial charge in [0.1, 0.15) is 0 Å². The fourth-order valence-electron chi connectivity index (χ4n) is 1.59. The number of methoxy groups -OCH3 is 1. The Morgan fingerprint density at radius 3 is 3.00 bits per heavy atom. The van der Waals surface area contributed by atoms with E-state index in [1.807, 2.05) is 17.5 Å². The first-order chi connectivity index (χ1) is 9.70. The molecule has 2 N–H and O–H groups in total. The van der Waals surface area contributed by atoms with Crippen LogP contribution in [0.5, 0.6) is 11.5 Å². The average molecular weight is 290 g/mol. The number of hydrazone groups is 1. The Balaban J connectivity index is 1.95. The second kappa shape index (κ2) is 6.72. The predicted molar refractivity (Wildman–Crippen MR) is 78.4 cm³/mol. The van der Waals surface area contributed by atoms with Gasteiger partial charge >= 0.3 is 0 Å². The van der Waals surface area contributed by atoms with E-state index in [2.05, 4.69) is 10.5 Å². The summed E-state index contributed by atoms with van der Waals surface area (Å²) in [6, 6.07) is 8.83. The van der Waals surface area contributed by atoms with Crippen LogP contribution in [0.1, 0.15) is 10.4 Å². The maximum Gasteiger partial charge on any atom is 0.245 e. The van der Waals surface area contributed by atoms with Crippen molar-refractivity contribution in [1.29, 1.82) is 0 Å². The highest BCUT2D eigenvalue weighted by molar-refractivity contribution is 7.10. The molecule has 0 aliphatic rings. The largest absolute Gasteiger partial charge is 0.504 e. The molecule has 0 aliphatic heterocycles. The molecule has 2 rings (SSSR count). The summed E-state index contributed by atoms with van der Waals surface area (Å²) >= 11 is 1.52. The summed E-state index contributed by atoms with van der Waals surface area (Å²) in [5.74, 6) is 0.149. The number of hydrogen-bond acceptors (Lipinski definition) is 5. The van der Waals surface area contributed by atoms with Gasteiger partial charge in [0.25, 0.3) is 0 Å². The minimum Gasteiger partial charge on any atom is -0.504 e. The van der Waals surface area contributed by atoms with Crippen LogP contribution in [-0.4, -0.2) is 24.3 Å². The monoisotopic (exact) mass is 290 g/mol. The van der Waals surface area contributed by atoms with Crippen molar-refractivity contribution in [2.75, 3.05) is 7.11 Å². The molecular formula is C14H14N2O3S. The molecule has 0 fully saturated rings. The van der Waals surface area contributed by atoms with E-state index < -0.39 is 0 Å². The molecule has 0 atom stereocenters. The minimum atomic E-state index is -0.203. The van der Waals surface area contributed by atoms with E-state index in [1.54, 1.807) is 18.2 Å². The first-order valence-corrected chi connectivity index (χ1v) is 6.79.